The van der Waals surface area contributed by atoms with Crippen LogP contribution in [0.2, 0.25) is 0 Å². The van der Waals surface area contributed by atoms with Crippen LogP contribution in [0, 0.1) is 6.92 Å². The van der Waals surface area contributed by atoms with E-state index in [1.54, 1.807) is 24.3 Å². The first kappa shape index (κ1) is 29.5. The van der Waals surface area contributed by atoms with Gasteiger partial charge in [0, 0.05) is 30.4 Å². The maximum atomic E-state index is 13.0. The van der Waals surface area contributed by atoms with Crippen molar-refractivity contribution in [3.8, 4) is 0 Å². The van der Waals surface area contributed by atoms with Gasteiger partial charge in [0.05, 0.1) is 11.8 Å². The highest BCUT2D eigenvalue weighted by Crippen LogP contribution is 2.23. The summed E-state index contributed by atoms with van der Waals surface area (Å²) in [6.07, 6.45) is -0.309. The number of amides is 4. The minimum atomic E-state index is -3.43. The Morgan fingerprint density at radius 2 is 1.86 bits per heavy atom. The second kappa shape index (κ2) is 13.0. The Morgan fingerprint density at radius 3 is 2.43 bits per heavy atom. The zero-order valence-electron chi connectivity index (χ0n) is 20.6. The smallest absolute Gasteiger partial charge is 0.407 e. The molecule has 1 aromatic carbocycles. The van der Waals surface area contributed by atoms with E-state index in [1.165, 1.54) is 12.2 Å². The van der Waals surface area contributed by atoms with Crippen LogP contribution in [0.25, 0.3) is 0 Å². The van der Waals surface area contributed by atoms with Gasteiger partial charge in [-0.15, -0.1) is 6.58 Å². The molecule has 0 heterocycles. The molecule has 0 bridgehead atoms. The van der Waals surface area contributed by atoms with Crippen molar-refractivity contribution in [2.24, 2.45) is 5.73 Å². The van der Waals surface area contributed by atoms with Crippen LogP contribution in [0.1, 0.15) is 28.8 Å². The summed E-state index contributed by atoms with van der Waals surface area (Å²) in [5, 5.41) is 18.2. The van der Waals surface area contributed by atoms with Crippen LogP contribution < -0.4 is 21.7 Å². The maximum absolute atomic E-state index is 13.0. The van der Waals surface area contributed by atoms with E-state index in [0.717, 1.165) is 11.8 Å². The Balaban J connectivity index is 2.27. The molecule has 0 saturated carbocycles. The van der Waals surface area contributed by atoms with Crippen molar-refractivity contribution in [1.29, 1.82) is 0 Å². The van der Waals surface area contributed by atoms with Crippen molar-refractivity contribution < 1.29 is 37.4 Å². The number of aliphatic hydroxyl groups is 1. The molecule has 0 radical (unpaired) electrons. The molecule has 0 aromatic heterocycles. The largest absolute Gasteiger partial charge is 0.443 e. The van der Waals surface area contributed by atoms with Crippen LogP contribution >= 0.6 is 0 Å². The van der Waals surface area contributed by atoms with Crippen molar-refractivity contribution in [2.75, 3.05) is 18.6 Å². The number of sulfone groups is 1. The first-order valence-electron chi connectivity index (χ1n) is 11.4. The van der Waals surface area contributed by atoms with Crippen molar-refractivity contribution in [1.82, 2.24) is 16.0 Å². The van der Waals surface area contributed by atoms with E-state index in [1.807, 2.05) is 6.92 Å². The molecule has 4 atom stereocenters. The zero-order chi connectivity index (χ0) is 27.8. The monoisotopic (exact) mass is 536 g/mol. The number of carbonyl (C=O) groups is 4. The molecule has 0 aliphatic heterocycles. The van der Waals surface area contributed by atoms with Crippen LogP contribution in [0.3, 0.4) is 0 Å². The van der Waals surface area contributed by atoms with E-state index < -0.39 is 57.9 Å². The number of nitrogens with one attached hydrogen (secondary N) is 3. The molecule has 6 N–H and O–H groups in total. The van der Waals surface area contributed by atoms with E-state index >= 15 is 0 Å². The number of alkyl carbamates (subject to hydrolysis) is 1. The normalized spacial score (nSPS) is 20.1. The molecule has 1 aliphatic carbocycles. The number of benzene rings is 1. The minimum absolute atomic E-state index is 0.00775. The summed E-state index contributed by atoms with van der Waals surface area (Å²) in [7, 11) is -3.43. The standard InChI is InChI=1S/C24H32N4O8S/c1-4-10-26-24(33)36-19-13-16(23(32)27-17(21(25)30)9-11-37(3,34)35)12-18(20(19)29)28-22(31)15-7-5-14(2)6-8-15/h4-8,12,17-20,29H,1,9-11,13H2,2-3H3,(H2,25,30)(H,26,33)(H,27,32)(H,28,31). The molecule has 0 spiro atoms. The van der Waals surface area contributed by atoms with Crippen LogP contribution in [-0.4, -0.2) is 80.2 Å². The van der Waals surface area contributed by atoms with Gasteiger partial charge in [0.1, 0.15) is 28.1 Å². The second-order valence-electron chi connectivity index (χ2n) is 8.71. The van der Waals surface area contributed by atoms with Crippen LogP contribution in [-0.2, 0) is 24.2 Å². The number of aryl methyl sites for hydroxylation is 1. The lowest BCUT2D eigenvalue weighted by molar-refractivity contribution is -0.125. The first-order chi connectivity index (χ1) is 17.3. The molecule has 202 valence electrons. The van der Waals surface area contributed by atoms with E-state index in [-0.39, 0.29) is 30.7 Å². The highest BCUT2D eigenvalue weighted by molar-refractivity contribution is 7.90. The molecule has 1 aromatic rings. The number of carbonyl (C=O) groups excluding carboxylic acids is 4. The third kappa shape index (κ3) is 9.35. The Morgan fingerprint density at radius 1 is 1.22 bits per heavy atom. The average molecular weight is 537 g/mol. The summed E-state index contributed by atoms with van der Waals surface area (Å²) >= 11 is 0. The predicted octanol–water partition coefficient (Wildman–Crippen LogP) is -0.530. The Bertz CT molecular complexity index is 1160. The highest BCUT2D eigenvalue weighted by Gasteiger charge is 2.38. The summed E-state index contributed by atoms with van der Waals surface area (Å²) in [6, 6.07) is 4.23. The predicted molar refractivity (Wildman–Crippen MR) is 135 cm³/mol. The molecule has 2 rings (SSSR count). The van der Waals surface area contributed by atoms with Crippen LogP contribution in [0.4, 0.5) is 4.79 Å². The van der Waals surface area contributed by atoms with Gasteiger partial charge in [0.2, 0.25) is 11.8 Å². The third-order valence-corrected chi connectivity index (χ3v) is 6.51. The van der Waals surface area contributed by atoms with Crippen molar-refractivity contribution in [3.63, 3.8) is 0 Å². The van der Waals surface area contributed by atoms with Crippen LogP contribution in [0.5, 0.6) is 0 Å². The highest BCUT2D eigenvalue weighted by atomic mass is 32.2. The van der Waals surface area contributed by atoms with Gasteiger partial charge >= 0.3 is 6.09 Å². The molecular weight excluding hydrogens is 504 g/mol. The van der Waals surface area contributed by atoms with Gasteiger partial charge in [0.15, 0.2) is 0 Å². The van der Waals surface area contributed by atoms with E-state index in [9.17, 15) is 32.7 Å². The second-order valence-corrected chi connectivity index (χ2v) is 11.0. The quantitative estimate of drug-likeness (QED) is 0.233. The van der Waals surface area contributed by atoms with Crippen molar-refractivity contribution in [3.05, 3.63) is 59.7 Å². The summed E-state index contributed by atoms with van der Waals surface area (Å²) in [5.74, 6) is -2.66. The summed E-state index contributed by atoms with van der Waals surface area (Å²) in [6.45, 7) is 5.43. The van der Waals surface area contributed by atoms with E-state index in [2.05, 4.69) is 22.5 Å². The van der Waals surface area contributed by atoms with Gasteiger partial charge < -0.3 is 31.5 Å². The van der Waals surface area contributed by atoms with Gasteiger partial charge in [-0.3, -0.25) is 14.4 Å². The number of ether oxygens (including phenoxy) is 1. The summed E-state index contributed by atoms with van der Waals surface area (Å²) in [5.41, 5.74) is 6.56. The zero-order valence-corrected chi connectivity index (χ0v) is 21.4. The lowest BCUT2D eigenvalue weighted by Crippen LogP contribution is -2.53. The van der Waals surface area contributed by atoms with Gasteiger partial charge in [-0.25, -0.2) is 13.2 Å². The maximum Gasteiger partial charge on any atom is 0.407 e. The minimum Gasteiger partial charge on any atom is -0.443 e. The van der Waals surface area contributed by atoms with Gasteiger partial charge in [-0.05, 0) is 25.5 Å². The fourth-order valence-electron chi connectivity index (χ4n) is 3.50. The van der Waals surface area contributed by atoms with Crippen LogP contribution in [0.15, 0.2) is 48.6 Å². The molecule has 12 nitrogen and oxygen atoms in total. The molecule has 13 heteroatoms. The lowest BCUT2D eigenvalue weighted by atomic mass is 9.89. The average Bonchev–Trinajstić information content (AvgIpc) is 2.82. The molecule has 4 amide bonds. The first-order valence-corrected chi connectivity index (χ1v) is 13.5. The van der Waals surface area contributed by atoms with Crippen molar-refractivity contribution in [2.45, 2.75) is 44.1 Å². The summed E-state index contributed by atoms with van der Waals surface area (Å²) in [4.78, 5) is 49.6. The number of hydrogen-bond acceptors (Lipinski definition) is 8. The SMILES string of the molecule is C=CCNC(=O)OC1CC(C(=O)NC(CCS(C)(=O)=O)C(N)=O)=CC(NC(=O)c2ccc(C)cc2)C1O. The fraction of sp³-hybridized carbons (Fsp3) is 0.417. The molecule has 4 unspecified atom stereocenters. The number of aliphatic hydroxyl groups excluding tert-OH is 1. The van der Waals surface area contributed by atoms with E-state index in [0.29, 0.717) is 5.56 Å². The number of primary amides is 1. The lowest BCUT2D eigenvalue weighted by Gasteiger charge is -2.33. The Labute approximate surface area is 215 Å². The topological polar surface area (TPSA) is 194 Å². The number of nitrogens with two attached hydrogens (primary N) is 1. The van der Waals surface area contributed by atoms with Gasteiger partial charge in [0.25, 0.3) is 5.91 Å². The Kier molecular flexibility index (Phi) is 10.4. The molecule has 1 aliphatic rings. The van der Waals surface area contributed by atoms with Crippen molar-refractivity contribution >= 4 is 33.7 Å². The molecule has 37 heavy (non-hydrogen) atoms. The van der Waals surface area contributed by atoms with Gasteiger partial charge in [-0.1, -0.05) is 29.8 Å². The molecular formula is C24H32N4O8S. The summed E-state index contributed by atoms with van der Waals surface area (Å²) < 4.78 is 28.2. The fourth-order valence-corrected chi connectivity index (χ4v) is 4.17. The molecule has 0 saturated heterocycles. The molecule has 0 fully saturated rings. The Hall–Kier alpha value is -3.71. The number of hydrogen-bond donors (Lipinski definition) is 5. The van der Waals surface area contributed by atoms with E-state index in [4.69, 9.17) is 10.5 Å². The third-order valence-electron chi connectivity index (χ3n) is 5.53. The van der Waals surface area contributed by atoms with Gasteiger partial charge in [-0.2, -0.15) is 0 Å². The number of rotatable bonds is 11.